The molecule has 0 saturated carbocycles. The Hall–Kier alpha value is -0.890. The minimum absolute atomic E-state index is 0.0929. The van der Waals surface area contributed by atoms with Crippen molar-refractivity contribution in [2.75, 3.05) is 12.8 Å². The van der Waals surface area contributed by atoms with Crippen LogP contribution in [0.2, 0.25) is 0 Å². The number of carbonyl (C=O) groups excluding carboxylic acids is 1. The molecule has 0 radical (unpaired) electrons. The van der Waals surface area contributed by atoms with Gasteiger partial charge in [-0.25, -0.2) is 13.9 Å². The van der Waals surface area contributed by atoms with Crippen LogP contribution in [0.5, 0.6) is 0 Å². The Bertz CT molecular complexity index is 221. The summed E-state index contributed by atoms with van der Waals surface area (Å²) in [5.41, 5.74) is 0.270. The van der Waals surface area contributed by atoms with Gasteiger partial charge in [0.15, 0.2) is 0 Å². The minimum Gasteiger partial charge on any atom is -0.461 e. The normalized spacial score (nSPS) is 8.82. The Morgan fingerprint density at radius 2 is 2.09 bits per heavy atom. The van der Waals surface area contributed by atoms with Gasteiger partial charge in [0, 0.05) is 5.57 Å². The summed E-state index contributed by atoms with van der Waals surface area (Å²) < 4.78 is 24.4. The van der Waals surface area contributed by atoms with Gasteiger partial charge in [0.2, 0.25) is 0 Å². The molecule has 0 saturated heterocycles. The van der Waals surface area contributed by atoms with E-state index in [0.717, 1.165) is 0 Å². The van der Waals surface area contributed by atoms with Crippen LogP contribution in [0.1, 0.15) is 6.92 Å². The molecule has 0 aromatic heterocycles. The maximum absolute atomic E-state index is 10.6. The molecule has 62 valence electrons. The Labute approximate surface area is 65.1 Å². The van der Waals surface area contributed by atoms with Gasteiger partial charge >= 0.3 is 13.6 Å². The van der Waals surface area contributed by atoms with E-state index in [-0.39, 0.29) is 18.3 Å². The maximum Gasteiger partial charge on any atom is 0.333 e. The van der Waals surface area contributed by atoms with Crippen LogP contribution in [0.3, 0.4) is 0 Å². The van der Waals surface area contributed by atoms with Gasteiger partial charge in [-0.1, -0.05) is 6.58 Å². The maximum atomic E-state index is 10.6. The summed E-state index contributed by atoms with van der Waals surface area (Å²) in [6.07, 6.45) is -0.131. The predicted octanol–water partition coefficient (Wildman–Crippen LogP) is 1.28. The highest BCUT2D eigenvalue weighted by molar-refractivity contribution is 7.30. The van der Waals surface area contributed by atoms with E-state index in [1.54, 1.807) is 0 Å². The number of hydrogen-bond donors (Lipinski definition) is 0. The summed E-state index contributed by atoms with van der Waals surface area (Å²) in [5.74, 6) is -0.554. The van der Waals surface area contributed by atoms with Crippen LogP contribution in [0.15, 0.2) is 12.2 Å². The highest BCUT2D eigenvalue weighted by atomic mass is 31.1. The fourth-order valence-corrected chi connectivity index (χ4v) is 0.576. The third kappa shape index (κ3) is 5.55. The lowest BCUT2D eigenvalue weighted by molar-refractivity contribution is -0.138. The molecule has 0 aliphatic heterocycles. The highest BCUT2D eigenvalue weighted by Crippen LogP contribution is 2.01. The second kappa shape index (κ2) is 4.85. The molecule has 0 bridgehead atoms. The molecule has 0 heterocycles. The summed E-state index contributed by atoms with van der Waals surface area (Å²) in [6, 6.07) is 0. The number of esters is 1. The van der Waals surface area contributed by atoms with Gasteiger partial charge in [0.25, 0.3) is 0 Å². The Morgan fingerprint density at radius 1 is 1.55 bits per heavy atom. The van der Waals surface area contributed by atoms with Crippen molar-refractivity contribution in [3.8, 4) is 0 Å². The van der Waals surface area contributed by atoms with E-state index in [2.05, 4.69) is 11.3 Å². The van der Waals surface area contributed by atoms with E-state index in [1.165, 1.54) is 6.92 Å². The van der Waals surface area contributed by atoms with Crippen LogP contribution in [0.4, 0.5) is 0 Å². The lowest BCUT2D eigenvalue weighted by atomic mass is 10.4. The van der Waals surface area contributed by atoms with Crippen molar-refractivity contribution >= 4 is 13.6 Å². The fourth-order valence-electron chi connectivity index (χ4n) is 0.336. The SMILES string of the molecule is C=C(C)C(=O)OCCP(=O)=O. The fraction of sp³-hybridized carbons (Fsp3) is 0.500. The first-order valence-electron chi connectivity index (χ1n) is 2.98. The molecule has 0 aromatic rings. The molecule has 0 unspecified atom stereocenters. The van der Waals surface area contributed by atoms with Gasteiger partial charge in [0.1, 0.15) is 6.61 Å². The van der Waals surface area contributed by atoms with Gasteiger partial charge in [-0.2, -0.15) is 0 Å². The summed E-state index contributed by atoms with van der Waals surface area (Å²) in [7, 11) is -2.46. The second-order valence-electron chi connectivity index (χ2n) is 1.97. The second-order valence-corrected chi connectivity index (χ2v) is 3.09. The first-order valence-corrected chi connectivity index (χ1v) is 4.34. The molecule has 4 nitrogen and oxygen atoms in total. The number of hydrogen-bond acceptors (Lipinski definition) is 4. The topological polar surface area (TPSA) is 60.4 Å². The largest absolute Gasteiger partial charge is 0.461 e. The average Bonchev–Trinajstić information content (AvgIpc) is 1.86. The molecule has 0 N–H and O–H groups in total. The van der Waals surface area contributed by atoms with Crippen LogP contribution < -0.4 is 0 Å². The standard InChI is InChI=1S/C6H9O4P/c1-5(2)6(7)10-3-4-11(8)9/h1,3-4H2,2H3. The molecular formula is C6H9O4P. The van der Waals surface area contributed by atoms with Crippen molar-refractivity contribution in [3.63, 3.8) is 0 Å². The first-order chi connectivity index (χ1) is 5.04. The van der Waals surface area contributed by atoms with Crippen molar-refractivity contribution in [1.82, 2.24) is 0 Å². The lowest BCUT2D eigenvalue weighted by Gasteiger charge is -1.98. The van der Waals surface area contributed by atoms with E-state index < -0.39 is 13.6 Å². The molecular weight excluding hydrogens is 167 g/mol. The van der Waals surface area contributed by atoms with Gasteiger partial charge < -0.3 is 4.74 Å². The molecule has 11 heavy (non-hydrogen) atoms. The zero-order chi connectivity index (χ0) is 8.85. The number of rotatable bonds is 4. The monoisotopic (exact) mass is 176 g/mol. The Kier molecular flexibility index (Phi) is 4.46. The summed E-state index contributed by atoms with van der Waals surface area (Å²) in [4.78, 5) is 10.6. The van der Waals surface area contributed by atoms with Crippen molar-refractivity contribution in [1.29, 1.82) is 0 Å². The molecule has 0 fully saturated rings. The van der Waals surface area contributed by atoms with Crippen molar-refractivity contribution in [2.45, 2.75) is 6.92 Å². The molecule has 5 heteroatoms. The lowest BCUT2D eigenvalue weighted by Crippen LogP contribution is -2.06. The minimum atomic E-state index is -2.46. The van der Waals surface area contributed by atoms with Gasteiger partial charge in [0.05, 0.1) is 6.16 Å². The average molecular weight is 176 g/mol. The zero-order valence-corrected chi connectivity index (χ0v) is 7.10. The third-order valence-corrected chi connectivity index (χ3v) is 1.40. The van der Waals surface area contributed by atoms with Crippen molar-refractivity contribution in [2.24, 2.45) is 0 Å². The van der Waals surface area contributed by atoms with E-state index in [1.807, 2.05) is 0 Å². The van der Waals surface area contributed by atoms with E-state index in [9.17, 15) is 13.9 Å². The molecule has 0 amide bonds. The van der Waals surface area contributed by atoms with E-state index in [0.29, 0.717) is 0 Å². The van der Waals surface area contributed by atoms with Crippen molar-refractivity contribution in [3.05, 3.63) is 12.2 Å². The molecule has 0 aromatic carbocycles. The first kappa shape index (κ1) is 10.1. The molecule has 0 rings (SSSR count). The van der Waals surface area contributed by atoms with Crippen LogP contribution in [-0.2, 0) is 18.7 Å². The number of ether oxygens (including phenoxy) is 1. The molecule has 0 spiro atoms. The number of carbonyl (C=O) groups is 1. The third-order valence-electron chi connectivity index (χ3n) is 0.855. The van der Waals surface area contributed by atoms with Gasteiger partial charge in [-0.05, 0) is 6.92 Å². The van der Waals surface area contributed by atoms with Gasteiger partial charge in [-0.15, -0.1) is 0 Å². The van der Waals surface area contributed by atoms with Crippen molar-refractivity contribution < 1.29 is 18.7 Å². The molecule has 0 aliphatic carbocycles. The molecule has 0 aliphatic rings. The van der Waals surface area contributed by atoms with Crippen LogP contribution in [-0.4, -0.2) is 18.7 Å². The van der Waals surface area contributed by atoms with Crippen LogP contribution in [0.25, 0.3) is 0 Å². The van der Waals surface area contributed by atoms with E-state index in [4.69, 9.17) is 0 Å². The van der Waals surface area contributed by atoms with Gasteiger partial charge in [-0.3, -0.25) is 0 Å². The highest BCUT2D eigenvalue weighted by Gasteiger charge is 2.02. The van der Waals surface area contributed by atoms with Crippen LogP contribution in [0, 0.1) is 0 Å². The molecule has 0 atom stereocenters. The predicted molar refractivity (Wildman–Crippen MR) is 38.9 cm³/mol. The Morgan fingerprint density at radius 3 is 2.45 bits per heavy atom. The zero-order valence-electron chi connectivity index (χ0n) is 6.20. The summed E-state index contributed by atoms with van der Waals surface area (Å²) >= 11 is 0. The summed E-state index contributed by atoms with van der Waals surface area (Å²) in [5, 5.41) is 0. The van der Waals surface area contributed by atoms with Crippen LogP contribution >= 0.6 is 7.68 Å². The summed E-state index contributed by atoms with van der Waals surface area (Å²) in [6.45, 7) is 4.73. The Balaban J connectivity index is 3.55. The smallest absolute Gasteiger partial charge is 0.333 e. The van der Waals surface area contributed by atoms with E-state index >= 15 is 0 Å². The quantitative estimate of drug-likeness (QED) is 0.367.